The van der Waals surface area contributed by atoms with Crippen molar-refractivity contribution in [2.45, 2.75) is 13.3 Å². The molecule has 4 nitrogen and oxygen atoms in total. The maximum absolute atomic E-state index is 9.49. The minimum Gasteiger partial charge on any atom is -0.504 e. The highest BCUT2D eigenvalue weighted by molar-refractivity contribution is 6.36. The van der Waals surface area contributed by atoms with Gasteiger partial charge in [-0.1, -0.05) is 18.5 Å². The number of fused-ring (bicyclic) bond motifs is 1. The molecule has 0 aliphatic carbocycles. The smallest absolute Gasteiger partial charge is 0.178 e. The molecule has 0 radical (unpaired) electrons. The van der Waals surface area contributed by atoms with Crippen molar-refractivity contribution < 1.29 is 10.2 Å². The normalized spacial score (nSPS) is 11.1. The predicted octanol–water partition coefficient (Wildman–Crippen LogP) is 2.20. The van der Waals surface area contributed by atoms with E-state index in [4.69, 9.17) is 11.6 Å². The number of halogens is 1. The summed E-state index contributed by atoms with van der Waals surface area (Å²) in [5.74, 6) is 0.319. The molecule has 5 heteroatoms. The molecule has 0 aliphatic heterocycles. The largest absolute Gasteiger partial charge is 0.504 e. The lowest BCUT2D eigenvalue weighted by Gasteiger charge is -2.03. The fraction of sp³-hybridized carbons (Fsp3) is 0.300. The molecule has 0 fully saturated rings. The van der Waals surface area contributed by atoms with Gasteiger partial charge in [0.25, 0.3) is 0 Å². The van der Waals surface area contributed by atoms with E-state index in [1.165, 1.54) is 6.07 Å². The first-order valence-corrected chi connectivity index (χ1v) is 4.99. The van der Waals surface area contributed by atoms with Gasteiger partial charge in [-0.2, -0.15) is 0 Å². The first-order chi connectivity index (χ1) is 7.06. The second kappa shape index (κ2) is 3.31. The molecule has 0 aliphatic rings. The Morgan fingerprint density at radius 1 is 1.47 bits per heavy atom. The van der Waals surface area contributed by atoms with Crippen LogP contribution in [0.3, 0.4) is 0 Å². The SMILES string of the molecule is CCc1nc2cc(O)c(O)c(Cl)c2n1C. The number of nitrogens with zero attached hydrogens (tertiary/aromatic N) is 2. The Morgan fingerprint density at radius 3 is 2.73 bits per heavy atom. The van der Waals surface area contributed by atoms with Gasteiger partial charge in [-0.25, -0.2) is 4.98 Å². The number of aromatic nitrogens is 2. The Labute approximate surface area is 91.7 Å². The molecule has 2 rings (SSSR count). The van der Waals surface area contributed by atoms with E-state index in [2.05, 4.69) is 4.98 Å². The quantitative estimate of drug-likeness (QED) is 0.733. The molecule has 0 atom stereocenters. The number of aryl methyl sites for hydroxylation is 2. The summed E-state index contributed by atoms with van der Waals surface area (Å²) in [4.78, 5) is 4.30. The fourth-order valence-corrected chi connectivity index (χ4v) is 1.99. The van der Waals surface area contributed by atoms with Crippen LogP contribution in [0.5, 0.6) is 11.5 Å². The second-order valence-corrected chi connectivity index (χ2v) is 3.74. The Morgan fingerprint density at radius 2 is 2.13 bits per heavy atom. The van der Waals surface area contributed by atoms with E-state index in [1.54, 1.807) is 0 Å². The standard InChI is InChI=1S/C10H11ClN2O2/c1-3-7-12-5-4-6(14)10(15)8(11)9(5)13(7)2/h4,14-15H,3H2,1-2H3. The van der Waals surface area contributed by atoms with Crippen molar-refractivity contribution in [3.8, 4) is 11.5 Å². The van der Waals surface area contributed by atoms with Gasteiger partial charge in [-0.15, -0.1) is 0 Å². The molecule has 15 heavy (non-hydrogen) atoms. The summed E-state index contributed by atoms with van der Waals surface area (Å²) in [6.07, 6.45) is 0.767. The van der Waals surface area contributed by atoms with Gasteiger partial charge < -0.3 is 14.8 Å². The molecular formula is C10H11ClN2O2. The average molecular weight is 227 g/mol. The number of phenolic OH excluding ortho intramolecular Hbond substituents is 2. The Bertz CT molecular complexity index is 534. The van der Waals surface area contributed by atoms with Crippen LogP contribution in [-0.2, 0) is 13.5 Å². The number of hydrogen-bond acceptors (Lipinski definition) is 3. The summed E-state index contributed by atoms with van der Waals surface area (Å²) in [6.45, 7) is 1.98. The number of benzene rings is 1. The van der Waals surface area contributed by atoms with Crippen LogP contribution in [-0.4, -0.2) is 19.8 Å². The summed E-state index contributed by atoms with van der Waals surface area (Å²) in [6, 6.07) is 1.41. The first kappa shape index (κ1) is 10.1. The molecule has 2 aromatic rings. The third-order valence-corrected chi connectivity index (χ3v) is 2.82. The van der Waals surface area contributed by atoms with Crippen LogP contribution in [0.25, 0.3) is 11.0 Å². The number of aromatic hydroxyl groups is 2. The number of rotatable bonds is 1. The molecule has 0 saturated heterocycles. The van der Waals surface area contributed by atoms with Gasteiger partial charge >= 0.3 is 0 Å². The lowest BCUT2D eigenvalue weighted by atomic mass is 10.2. The molecule has 0 bridgehead atoms. The van der Waals surface area contributed by atoms with E-state index in [1.807, 2.05) is 18.5 Å². The van der Waals surface area contributed by atoms with Crippen molar-refractivity contribution in [2.24, 2.45) is 7.05 Å². The van der Waals surface area contributed by atoms with Gasteiger partial charge in [-0.3, -0.25) is 0 Å². The van der Waals surface area contributed by atoms with E-state index in [-0.39, 0.29) is 16.5 Å². The summed E-state index contributed by atoms with van der Waals surface area (Å²) in [5, 5.41) is 19.0. The lowest BCUT2D eigenvalue weighted by molar-refractivity contribution is 0.405. The zero-order valence-corrected chi connectivity index (χ0v) is 9.21. The second-order valence-electron chi connectivity index (χ2n) is 3.37. The van der Waals surface area contributed by atoms with Crippen LogP contribution in [0, 0.1) is 0 Å². The van der Waals surface area contributed by atoms with Crippen LogP contribution in [0.4, 0.5) is 0 Å². The summed E-state index contributed by atoms with van der Waals surface area (Å²) in [5.41, 5.74) is 1.23. The van der Waals surface area contributed by atoms with E-state index >= 15 is 0 Å². The molecule has 0 spiro atoms. The number of imidazole rings is 1. The van der Waals surface area contributed by atoms with Crippen molar-refractivity contribution >= 4 is 22.6 Å². The molecule has 1 heterocycles. The highest BCUT2D eigenvalue weighted by Crippen LogP contribution is 2.39. The summed E-state index contributed by atoms with van der Waals surface area (Å²) >= 11 is 5.94. The molecule has 0 amide bonds. The molecule has 0 saturated carbocycles. The fourth-order valence-electron chi connectivity index (χ4n) is 1.67. The number of phenols is 2. The van der Waals surface area contributed by atoms with E-state index in [0.29, 0.717) is 11.0 Å². The van der Waals surface area contributed by atoms with Crippen molar-refractivity contribution in [3.63, 3.8) is 0 Å². The topological polar surface area (TPSA) is 58.3 Å². The Balaban J connectivity index is 2.90. The predicted molar refractivity (Wildman–Crippen MR) is 58.4 cm³/mol. The molecule has 80 valence electrons. The highest BCUT2D eigenvalue weighted by Gasteiger charge is 2.16. The third-order valence-electron chi connectivity index (χ3n) is 2.46. The van der Waals surface area contributed by atoms with Gasteiger partial charge in [0.05, 0.1) is 11.0 Å². The Hall–Kier alpha value is -1.42. The minimum atomic E-state index is -0.296. The van der Waals surface area contributed by atoms with Crippen LogP contribution in [0.2, 0.25) is 5.02 Å². The van der Waals surface area contributed by atoms with Crippen molar-refractivity contribution in [1.82, 2.24) is 9.55 Å². The van der Waals surface area contributed by atoms with Crippen LogP contribution in [0.15, 0.2) is 6.07 Å². The van der Waals surface area contributed by atoms with Gasteiger partial charge in [0.2, 0.25) is 0 Å². The monoisotopic (exact) mass is 226 g/mol. The summed E-state index contributed by atoms with van der Waals surface area (Å²) < 4.78 is 1.82. The van der Waals surface area contributed by atoms with Crippen molar-refractivity contribution in [3.05, 3.63) is 16.9 Å². The van der Waals surface area contributed by atoms with Crippen molar-refractivity contribution in [2.75, 3.05) is 0 Å². The lowest BCUT2D eigenvalue weighted by Crippen LogP contribution is -1.95. The third kappa shape index (κ3) is 1.33. The maximum Gasteiger partial charge on any atom is 0.178 e. The summed E-state index contributed by atoms with van der Waals surface area (Å²) in [7, 11) is 1.83. The van der Waals surface area contributed by atoms with Crippen molar-refractivity contribution in [1.29, 1.82) is 0 Å². The maximum atomic E-state index is 9.49. The van der Waals surface area contributed by atoms with Crippen LogP contribution >= 0.6 is 11.6 Å². The van der Waals surface area contributed by atoms with Gasteiger partial charge in [0.1, 0.15) is 10.8 Å². The first-order valence-electron chi connectivity index (χ1n) is 4.62. The highest BCUT2D eigenvalue weighted by atomic mass is 35.5. The van der Waals surface area contributed by atoms with E-state index < -0.39 is 0 Å². The molecule has 0 unspecified atom stereocenters. The van der Waals surface area contributed by atoms with E-state index in [0.717, 1.165) is 12.2 Å². The van der Waals surface area contributed by atoms with Crippen LogP contribution < -0.4 is 0 Å². The Kier molecular flexibility index (Phi) is 2.23. The average Bonchev–Trinajstić information content (AvgIpc) is 2.52. The molecule has 1 aromatic heterocycles. The number of hydrogen-bond donors (Lipinski definition) is 2. The molecule has 1 aromatic carbocycles. The zero-order chi connectivity index (χ0) is 11.2. The van der Waals surface area contributed by atoms with Crippen LogP contribution in [0.1, 0.15) is 12.7 Å². The molecule has 2 N–H and O–H groups in total. The zero-order valence-electron chi connectivity index (χ0n) is 8.45. The minimum absolute atomic E-state index is 0.139. The van der Waals surface area contributed by atoms with E-state index in [9.17, 15) is 10.2 Å². The molecular weight excluding hydrogens is 216 g/mol. The van der Waals surface area contributed by atoms with Gasteiger partial charge in [-0.05, 0) is 0 Å². The van der Waals surface area contributed by atoms with Gasteiger partial charge in [0.15, 0.2) is 11.5 Å². The van der Waals surface area contributed by atoms with Gasteiger partial charge in [0, 0.05) is 19.5 Å².